The summed E-state index contributed by atoms with van der Waals surface area (Å²) in [5.74, 6) is 0.628. The van der Waals surface area contributed by atoms with Gasteiger partial charge in [0.15, 0.2) is 0 Å². The molecule has 0 N–H and O–H groups in total. The normalized spacial score (nSPS) is 13.9. The van der Waals surface area contributed by atoms with Gasteiger partial charge in [0.1, 0.15) is 0 Å². The standard InChI is InChI=1S/C17H17.C14H23.C13H10.Zr/c1-3-12-5-7-16-14(9-12)11-15-10-13(4-2)6-8-17(15)16;1-4-7-12-10-13(8-5-2)14(11-12)9-6-3;1-3-7-12(8-4-1)11-13-9-5-2-6-10-13;/h5-11H,3-4H2,1-2H3;10,12H,4-9H2,1-3H3;1-10H;/q2*-1;;+2. The minimum absolute atomic E-state index is 0.628. The van der Waals surface area contributed by atoms with Crippen LogP contribution in [0.2, 0.25) is 0 Å². The second-order valence-electron chi connectivity index (χ2n) is 12.0. The van der Waals surface area contributed by atoms with Gasteiger partial charge in [-0.3, -0.25) is 6.08 Å². The summed E-state index contributed by atoms with van der Waals surface area (Å²) < 4.78 is 1.42. The van der Waals surface area contributed by atoms with Crippen molar-refractivity contribution in [2.24, 2.45) is 5.92 Å². The molecule has 0 aliphatic heterocycles. The van der Waals surface area contributed by atoms with Crippen LogP contribution in [0.25, 0.3) is 21.5 Å². The molecule has 0 spiro atoms. The average Bonchev–Trinajstić information content (AvgIpc) is 3.65. The van der Waals surface area contributed by atoms with Crippen molar-refractivity contribution >= 4 is 24.8 Å². The SMILES string of the molecule is CCCC1=[C-]C(CCC)C=C1CCC.CCc1ccc2c(c1)[cH-]c1cc(CC)ccc12.[Zr+2]=[C](c1ccccc1)c1ccccc1. The van der Waals surface area contributed by atoms with Crippen molar-refractivity contribution in [1.29, 1.82) is 0 Å². The first-order chi connectivity index (χ1) is 22.0. The zero-order valence-electron chi connectivity index (χ0n) is 28.1. The Morgan fingerprint density at radius 2 is 1.16 bits per heavy atom. The van der Waals surface area contributed by atoms with E-state index in [1.165, 1.54) is 115 Å². The molecule has 0 saturated heterocycles. The van der Waals surface area contributed by atoms with Gasteiger partial charge in [-0.05, 0) is 12.8 Å². The molecule has 1 unspecified atom stereocenters. The van der Waals surface area contributed by atoms with Crippen molar-refractivity contribution in [3.8, 4) is 0 Å². The van der Waals surface area contributed by atoms with Crippen LogP contribution < -0.4 is 0 Å². The molecule has 1 aliphatic rings. The molecule has 0 heterocycles. The van der Waals surface area contributed by atoms with E-state index in [2.05, 4.69) is 150 Å². The Kier molecular flexibility index (Phi) is 14.1. The minimum atomic E-state index is 0.628. The van der Waals surface area contributed by atoms with Gasteiger partial charge in [0.25, 0.3) is 0 Å². The quantitative estimate of drug-likeness (QED) is 0.130. The summed E-state index contributed by atoms with van der Waals surface area (Å²) in [6.45, 7) is 11.2. The van der Waals surface area contributed by atoms with Crippen LogP contribution in [-0.4, -0.2) is 3.21 Å². The van der Waals surface area contributed by atoms with Crippen molar-refractivity contribution in [2.75, 3.05) is 0 Å². The van der Waals surface area contributed by atoms with Crippen molar-refractivity contribution in [2.45, 2.75) is 86.0 Å². The van der Waals surface area contributed by atoms with Gasteiger partial charge in [0.2, 0.25) is 0 Å². The summed E-state index contributed by atoms with van der Waals surface area (Å²) in [6, 6.07) is 37.1. The Morgan fingerprint density at radius 1 is 0.644 bits per heavy atom. The van der Waals surface area contributed by atoms with Gasteiger partial charge in [0, 0.05) is 0 Å². The van der Waals surface area contributed by atoms with Gasteiger partial charge in [-0.15, -0.1) is 39.7 Å². The molecular weight excluding hydrogens is 620 g/mol. The molecule has 230 valence electrons. The third-order valence-corrected chi connectivity index (χ3v) is 9.96. The van der Waals surface area contributed by atoms with Crippen LogP contribution >= 0.6 is 0 Å². The maximum absolute atomic E-state index is 3.65. The fourth-order valence-corrected chi connectivity index (χ4v) is 6.91. The molecular formula is C44H50Zr. The van der Waals surface area contributed by atoms with Crippen molar-refractivity contribution in [1.82, 2.24) is 0 Å². The van der Waals surface area contributed by atoms with Crippen LogP contribution in [0.3, 0.4) is 0 Å². The molecule has 0 fully saturated rings. The Morgan fingerprint density at radius 3 is 1.60 bits per heavy atom. The maximum atomic E-state index is 3.65. The molecule has 0 aromatic heterocycles. The summed E-state index contributed by atoms with van der Waals surface area (Å²) in [5, 5.41) is 5.54. The zero-order chi connectivity index (χ0) is 32.0. The molecule has 0 saturated carbocycles. The second-order valence-corrected chi connectivity index (χ2v) is 13.2. The van der Waals surface area contributed by atoms with Gasteiger partial charge in [-0.2, -0.15) is 11.6 Å². The fourth-order valence-electron chi connectivity index (χ4n) is 6.09. The molecule has 1 aliphatic carbocycles. The summed E-state index contributed by atoms with van der Waals surface area (Å²) in [5.41, 5.74) is 8.61. The molecule has 45 heavy (non-hydrogen) atoms. The van der Waals surface area contributed by atoms with E-state index in [1.54, 1.807) is 5.57 Å². The number of benzene rings is 4. The zero-order valence-corrected chi connectivity index (χ0v) is 30.6. The first kappa shape index (κ1) is 34.8. The molecule has 0 radical (unpaired) electrons. The second kappa shape index (κ2) is 18.2. The molecule has 1 heteroatoms. The van der Waals surface area contributed by atoms with E-state index in [-0.39, 0.29) is 0 Å². The van der Waals surface area contributed by atoms with E-state index in [1.807, 2.05) is 0 Å². The first-order valence-corrected chi connectivity index (χ1v) is 18.4. The number of rotatable bonds is 10. The van der Waals surface area contributed by atoms with E-state index in [0.29, 0.717) is 5.92 Å². The fraction of sp³-hybridized carbons (Fsp3) is 0.318. The van der Waals surface area contributed by atoms with Crippen molar-refractivity contribution in [3.05, 3.63) is 149 Å². The molecule has 5 aromatic rings. The van der Waals surface area contributed by atoms with Crippen LogP contribution in [0.1, 0.15) is 95.4 Å². The van der Waals surface area contributed by atoms with E-state index < -0.39 is 0 Å². The summed E-state index contributed by atoms with van der Waals surface area (Å²) >= 11 is 1.46. The van der Waals surface area contributed by atoms with E-state index in [4.69, 9.17) is 0 Å². The molecule has 0 nitrogen and oxygen atoms in total. The van der Waals surface area contributed by atoms with Crippen LogP contribution in [-0.2, 0) is 37.1 Å². The molecule has 0 amide bonds. The third-order valence-electron chi connectivity index (χ3n) is 8.54. The number of aryl methyl sites for hydroxylation is 2. The van der Waals surface area contributed by atoms with Crippen LogP contribution in [0.4, 0.5) is 0 Å². The average molecular weight is 670 g/mol. The first-order valence-electron chi connectivity index (χ1n) is 17.1. The van der Waals surface area contributed by atoms with Crippen molar-refractivity contribution < 1.29 is 24.2 Å². The Labute approximate surface area is 288 Å². The predicted octanol–water partition coefficient (Wildman–Crippen LogP) is 12.3. The molecule has 5 aromatic carbocycles. The van der Waals surface area contributed by atoms with Crippen LogP contribution in [0.5, 0.6) is 0 Å². The third kappa shape index (κ3) is 9.74. The predicted molar refractivity (Wildman–Crippen MR) is 195 cm³/mol. The molecule has 0 bridgehead atoms. The molecule has 6 rings (SSSR count). The van der Waals surface area contributed by atoms with Gasteiger partial charge in [0.05, 0.1) is 0 Å². The number of hydrogen-bond acceptors (Lipinski definition) is 0. The van der Waals surface area contributed by atoms with Gasteiger partial charge in [-0.25, -0.2) is 5.57 Å². The summed E-state index contributed by atoms with van der Waals surface area (Å²) in [7, 11) is 0. The molecule has 1 atom stereocenters. The van der Waals surface area contributed by atoms with Crippen LogP contribution in [0.15, 0.2) is 120 Å². The monoisotopic (exact) mass is 668 g/mol. The number of fused-ring (bicyclic) bond motifs is 3. The van der Waals surface area contributed by atoms with Crippen LogP contribution in [0, 0.1) is 12.0 Å². The summed E-state index contributed by atoms with van der Waals surface area (Å²) in [6.07, 6.45) is 15.9. The number of hydrogen-bond donors (Lipinski definition) is 0. The van der Waals surface area contributed by atoms with E-state index >= 15 is 0 Å². The topological polar surface area (TPSA) is 0 Å². The van der Waals surface area contributed by atoms with E-state index in [0.717, 1.165) is 12.8 Å². The van der Waals surface area contributed by atoms with Crippen molar-refractivity contribution in [3.63, 3.8) is 0 Å². The Balaban J connectivity index is 0.000000155. The Bertz CT molecular complexity index is 1580. The van der Waals surface area contributed by atoms with E-state index in [9.17, 15) is 0 Å². The Hall–Kier alpha value is -3.02. The van der Waals surface area contributed by atoms with Gasteiger partial charge in [-0.1, -0.05) is 114 Å². The van der Waals surface area contributed by atoms with Gasteiger partial charge >= 0.3 is 99.2 Å². The summed E-state index contributed by atoms with van der Waals surface area (Å²) in [4.78, 5) is 0. The van der Waals surface area contributed by atoms with Gasteiger partial charge < -0.3 is 0 Å². The number of allylic oxidation sites excluding steroid dienone is 4.